The summed E-state index contributed by atoms with van der Waals surface area (Å²) in [5.41, 5.74) is 1.91. The minimum Gasteiger partial charge on any atom is -0.421 e. The molecule has 1 heterocycles. The summed E-state index contributed by atoms with van der Waals surface area (Å²) in [4.78, 5) is 4.00. The SMILES string of the molecule is Cc1ccnc(COC#N)c1. The Morgan fingerprint density at radius 2 is 2.55 bits per heavy atom. The summed E-state index contributed by atoms with van der Waals surface area (Å²) < 4.78 is 4.52. The third-order valence-corrected chi connectivity index (χ3v) is 1.26. The van der Waals surface area contributed by atoms with E-state index in [0.29, 0.717) is 0 Å². The highest BCUT2D eigenvalue weighted by molar-refractivity contribution is 5.13. The van der Waals surface area contributed by atoms with Crippen LogP contribution in [-0.4, -0.2) is 4.98 Å². The lowest BCUT2D eigenvalue weighted by Gasteiger charge is -1.97. The summed E-state index contributed by atoms with van der Waals surface area (Å²) in [6, 6.07) is 3.78. The first-order valence-electron chi connectivity index (χ1n) is 3.25. The van der Waals surface area contributed by atoms with Gasteiger partial charge in [0.25, 0.3) is 6.26 Å². The Labute approximate surface area is 65.3 Å². The van der Waals surface area contributed by atoms with Crippen molar-refractivity contribution in [2.24, 2.45) is 0 Å². The van der Waals surface area contributed by atoms with Crippen LogP contribution in [0, 0.1) is 18.4 Å². The van der Waals surface area contributed by atoms with Gasteiger partial charge in [0.05, 0.1) is 5.69 Å². The van der Waals surface area contributed by atoms with Gasteiger partial charge in [-0.25, -0.2) is 0 Å². The van der Waals surface area contributed by atoms with Crippen LogP contribution in [0.3, 0.4) is 0 Å². The van der Waals surface area contributed by atoms with E-state index in [9.17, 15) is 0 Å². The third-order valence-electron chi connectivity index (χ3n) is 1.26. The maximum atomic E-state index is 8.10. The minimum absolute atomic E-state index is 0.262. The van der Waals surface area contributed by atoms with E-state index in [1.54, 1.807) is 12.5 Å². The van der Waals surface area contributed by atoms with E-state index >= 15 is 0 Å². The van der Waals surface area contributed by atoms with E-state index in [2.05, 4.69) is 9.72 Å². The zero-order valence-corrected chi connectivity index (χ0v) is 6.24. The van der Waals surface area contributed by atoms with E-state index in [4.69, 9.17) is 5.26 Å². The molecular weight excluding hydrogens is 140 g/mol. The predicted molar refractivity (Wildman–Crippen MR) is 39.4 cm³/mol. The van der Waals surface area contributed by atoms with Gasteiger partial charge in [0, 0.05) is 6.20 Å². The lowest BCUT2D eigenvalue weighted by Crippen LogP contribution is -1.91. The lowest BCUT2D eigenvalue weighted by atomic mass is 10.2. The molecule has 0 saturated heterocycles. The minimum atomic E-state index is 0.262. The molecule has 1 rings (SSSR count). The maximum Gasteiger partial charge on any atom is 0.286 e. The van der Waals surface area contributed by atoms with Gasteiger partial charge >= 0.3 is 0 Å². The zero-order chi connectivity index (χ0) is 8.10. The summed E-state index contributed by atoms with van der Waals surface area (Å²) >= 11 is 0. The number of nitriles is 1. The molecule has 0 amide bonds. The molecule has 0 spiro atoms. The Morgan fingerprint density at radius 1 is 1.73 bits per heavy atom. The predicted octanol–water partition coefficient (Wildman–Crippen LogP) is 1.39. The van der Waals surface area contributed by atoms with Crippen LogP contribution >= 0.6 is 0 Å². The Balaban J connectivity index is 2.65. The van der Waals surface area contributed by atoms with Gasteiger partial charge in [0.1, 0.15) is 6.61 Å². The molecule has 11 heavy (non-hydrogen) atoms. The van der Waals surface area contributed by atoms with Crippen molar-refractivity contribution in [3.05, 3.63) is 29.6 Å². The number of aromatic nitrogens is 1. The molecule has 0 aromatic carbocycles. The molecule has 0 aliphatic rings. The quantitative estimate of drug-likeness (QED) is 0.595. The molecule has 0 radical (unpaired) electrons. The molecule has 0 aliphatic carbocycles. The van der Waals surface area contributed by atoms with E-state index in [0.717, 1.165) is 11.3 Å². The first kappa shape index (κ1) is 7.55. The monoisotopic (exact) mass is 148 g/mol. The van der Waals surface area contributed by atoms with Crippen molar-refractivity contribution >= 4 is 0 Å². The second-order valence-electron chi connectivity index (χ2n) is 2.20. The Bertz CT molecular complexity index is 278. The largest absolute Gasteiger partial charge is 0.421 e. The maximum absolute atomic E-state index is 8.10. The Kier molecular flexibility index (Phi) is 2.45. The van der Waals surface area contributed by atoms with Gasteiger partial charge < -0.3 is 4.74 Å². The topological polar surface area (TPSA) is 45.9 Å². The molecule has 0 aliphatic heterocycles. The van der Waals surface area contributed by atoms with Gasteiger partial charge in [0.2, 0.25) is 0 Å². The lowest BCUT2D eigenvalue weighted by molar-refractivity contribution is 0.253. The van der Waals surface area contributed by atoms with Crippen molar-refractivity contribution in [3.63, 3.8) is 0 Å². The van der Waals surface area contributed by atoms with E-state index in [1.165, 1.54) is 0 Å². The van der Waals surface area contributed by atoms with Gasteiger partial charge in [-0.05, 0) is 24.6 Å². The summed E-state index contributed by atoms with van der Waals surface area (Å²) in [6.45, 7) is 2.23. The summed E-state index contributed by atoms with van der Waals surface area (Å²) in [7, 11) is 0. The normalized spacial score (nSPS) is 8.73. The van der Waals surface area contributed by atoms with Crippen molar-refractivity contribution in [1.82, 2.24) is 4.98 Å². The fraction of sp³-hybridized carbons (Fsp3) is 0.250. The van der Waals surface area contributed by atoms with Gasteiger partial charge in [-0.2, -0.15) is 5.26 Å². The number of rotatable bonds is 2. The highest BCUT2D eigenvalue weighted by atomic mass is 16.5. The van der Waals surface area contributed by atoms with E-state index < -0.39 is 0 Å². The molecule has 0 unspecified atom stereocenters. The fourth-order valence-electron chi connectivity index (χ4n) is 0.784. The molecule has 3 nitrogen and oxygen atoms in total. The number of ether oxygens (including phenoxy) is 1. The summed E-state index contributed by atoms with van der Waals surface area (Å²) in [5.74, 6) is 0. The van der Waals surface area contributed by atoms with Crippen molar-refractivity contribution < 1.29 is 4.74 Å². The second kappa shape index (κ2) is 3.57. The highest BCUT2D eigenvalue weighted by Gasteiger charge is 1.93. The van der Waals surface area contributed by atoms with Crippen molar-refractivity contribution in [3.8, 4) is 6.26 Å². The molecule has 1 aromatic rings. The molecule has 0 saturated carbocycles. The summed E-state index contributed by atoms with van der Waals surface area (Å²) in [6.07, 6.45) is 3.30. The molecule has 56 valence electrons. The molecule has 3 heteroatoms. The molecule has 0 bridgehead atoms. The first-order chi connectivity index (χ1) is 5.33. The zero-order valence-electron chi connectivity index (χ0n) is 6.24. The van der Waals surface area contributed by atoms with Crippen molar-refractivity contribution in [2.75, 3.05) is 0 Å². The number of pyridine rings is 1. The van der Waals surface area contributed by atoms with Gasteiger partial charge in [-0.15, -0.1) is 0 Å². The molecular formula is C8H8N2O. The van der Waals surface area contributed by atoms with Crippen molar-refractivity contribution in [2.45, 2.75) is 13.5 Å². The number of hydrogen-bond acceptors (Lipinski definition) is 3. The van der Waals surface area contributed by atoms with Gasteiger partial charge in [-0.1, -0.05) is 0 Å². The number of aryl methyl sites for hydroxylation is 1. The first-order valence-corrected chi connectivity index (χ1v) is 3.25. The molecule has 0 fully saturated rings. The van der Waals surface area contributed by atoms with Crippen molar-refractivity contribution in [1.29, 1.82) is 5.26 Å². The van der Waals surface area contributed by atoms with Crippen LogP contribution in [0.1, 0.15) is 11.3 Å². The van der Waals surface area contributed by atoms with Crippen LogP contribution in [-0.2, 0) is 11.3 Å². The Morgan fingerprint density at radius 3 is 3.18 bits per heavy atom. The molecule has 0 atom stereocenters. The van der Waals surface area contributed by atoms with Crippen LogP contribution in [0.25, 0.3) is 0 Å². The van der Waals surface area contributed by atoms with Gasteiger partial charge in [0.15, 0.2) is 0 Å². The van der Waals surface area contributed by atoms with Crippen LogP contribution in [0.5, 0.6) is 0 Å². The van der Waals surface area contributed by atoms with Crippen LogP contribution < -0.4 is 0 Å². The standard InChI is InChI=1S/C8H8N2O/c1-7-2-3-10-8(4-7)5-11-6-9/h2-4H,5H2,1H3. The average Bonchev–Trinajstić information content (AvgIpc) is 2.01. The third kappa shape index (κ3) is 2.26. The van der Waals surface area contributed by atoms with Crippen LogP contribution in [0.15, 0.2) is 18.3 Å². The average molecular weight is 148 g/mol. The molecule has 1 aromatic heterocycles. The van der Waals surface area contributed by atoms with E-state index in [1.807, 2.05) is 19.1 Å². The second-order valence-corrected chi connectivity index (χ2v) is 2.20. The smallest absolute Gasteiger partial charge is 0.286 e. The van der Waals surface area contributed by atoms with Crippen LogP contribution in [0.2, 0.25) is 0 Å². The fourth-order valence-corrected chi connectivity index (χ4v) is 0.784. The van der Waals surface area contributed by atoms with Gasteiger partial charge in [-0.3, -0.25) is 4.98 Å². The number of hydrogen-bond donors (Lipinski definition) is 0. The summed E-state index contributed by atoms with van der Waals surface area (Å²) in [5, 5.41) is 8.10. The van der Waals surface area contributed by atoms with E-state index in [-0.39, 0.29) is 6.61 Å². The Hall–Kier alpha value is -1.56. The number of nitrogens with zero attached hydrogens (tertiary/aromatic N) is 2. The van der Waals surface area contributed by atoms with Crippen LogP contribution in [0.4, 0.5) is 0 Å². The highest BCUT2D eigenvalue weighted by Crippen LogP contribution is 2.00. The molecule has 0 N–H and O–H groups in total.